The van der Waals surface area contributed by atoms with Gasteiger partial charge in [0.15, 0.2) is 0 Å². The first-order valence-electron chi connectivity index (χ1n) is 15.7. The van der Waals surface area contributed by atoms with Gasteiger partial charge in [0.25, 0.3) is 5.56 Å². The predicted molar refractivity (Wildman–Crippen MR) is 184 cm³/mol. The summed E-state index contributed by atoms with van der Waals surface area (Å²) in [6, 6.07) is 22.7. The number of aryl methyl sites for hydroxylation is 1. The number of nitrogens with one attached hydrogen (secondary N) is 1. The average Bonchev–Trinajstić information content (AvgIpc) is 3.42. The van der Waals surface area contributed by atoms with Crippen LogP contribution in [0.3, 0.4) is 0 Å². The third kappa shape index (κ3) is 7.57. The van der Waals surface area contributed by atoms with Crippen molar-refractivity contribution in [3.05, 3.63) is 117 Å². The molecule has 0 fully saturated rings. The molecular weight excluding hydrogens is 598 g/mol. The second-order valence-electron chi connectivity index (χ2n) is 13.1. The van der Waals surface area contributed by atoms with E-state index in [1.54, 1.807) is 22.8 Å². The van der Waals surface area contributed by atoms with Crippen molar-refractivity contribution in [3.8, 4) is 11.4 Å². The van der Waals surface area contributed by atoms with Gasteiger partial charge in [-0.1, -0.05) is 85.6 Å². The summed E-state index contributed by atoms with van der Waals surface area (Å²) in [5, 5.41) is 4.30. The van der Waals surface area contributed by atoms with Crippen LogP contribution in [0.4, 0.5) is 0 Å². The molecule has 8 nitrogen and oxygen atoms in total. The summed E-state index contributed by atoms with van der Waals surface area (Å²) in [6.45, 7) is 14.2. The Morgan fingerprint density at radius 1 is 0.978 bits per heavy atom. The van der Waals surface area contributed by atoms with Gasteiger partial charge >= 0.3 is 5.97 Å². The topological polar surface area (TPSA) is 91.0 Å². The molecular formula is C37H42ClN5O3. The summed E-state index contributed by atoms with van der Waals surface area (Å²) in [4.78, 5) is 36.9. The molecule has 5 rings (SSSR count). The monoisotopic (exact) mass is 639 g/mol. The summed E-state index contributed by atoms with van der Waals surface area (Å²) in [5.74, 6) is 1.04. The zero-order chi connectivity index (χ0) is 33.2. The first-order valence-corrected chi connectivity index (χ1v) is 16.0. The van der Waals surface area contributed by atoms with E-state index < -0.39 is 5.60 Å². The van der Waals surface area contributed by atoms with Crippen LogP contribution >= 0.6 is 11.6 Å². The number of esters is 1. The van der Waals surface area contributed by atoms with Crippen molar-refractivity contribution in [2.45, 2.75) is 72.7 Å². The van der Waals surface area contributed by atoms with Crippen LogP contribution in [0.15, 0.2) is 83.8 Å². The number of carbonyl (C=O) groups excluding carboxylic acids is 1. The number of ether oxygens (including phenoxy) is 1. The number of carbonyl (C=O) groups is 1. The second-order valence-corrected chi connectivity index (χ2v) is 13.6. The van der Waals surface area contributed by atoms with Crippen LogP contribution < -0.4 is 10.9 Å². The Morgan fingerprint density at radius 3 is 2.33 bits per heavy atom. The smallest absolute Gasteiger partial charge is 0.320 e. The Balaban J connectivity index is 1.67. The number of halogens is 1. The van der Waals surface area contributed by atoms with Crippen molar-refractivity contribution in [3.63, 3.8) is 0 Å². The zero-order valence-corrected chi connectivity index (χ0v) is 28.3. The third-order valence-corrected chi connectivity index (χ3v) is 8.04. The highest BCUT2D eigenvalue weighted by molar-refractivity contribution is 6.31. The highest BCUT2D eigenvalue weighted by Gasteiger charge is 2.29. The molecule has 46 heavy (non-hydrogen) atoms. The number of imidazole rings is 1. The molecule has 0 radical (unpaired) electrons. The molecule has 3 aromatic carbocycles. The first-order chi connectivity index (χ1) is 21.8. The van der Waals surface area contributed by atoms with E-state index in [0.29, 0.717) is 28.3 Å². The van der Waals surface area contributed by atoms with E-state index in [1.807, 2.05) is 71.1 Å². The standard InChI is InChI=1S/C37H42ClN5O3/c1-23(2)33(35-40-30-19-28(38)17-18-29(30)36(45)43(35)21-26-11-9-8-10-12-26)42-22-31(25(4)39-20-32(44)46-37(5,6)7)41-34(42)27-15-13-24(3)14-16-27/h8-19,22-23,25,33,39H,20-21H2,1-7H3. The second kappa shape index (κ2) is 13.6. The van der Waals surface area contributed by atoms with E-state index in [0.717, 1.165) is 28.2 Å². The van der Waals surface area contributed by atoms with E-state index in [4.69, 9.17) is 26.3 Å². The number of hydrogen-bond donors (Lipinski definition) is 1. The molecule has 0 aliphatic rings. The van der Waals surface area contributed by atoms with Gasteiger partial charge in [-0.25, -0.2) is 9.97 Å². The molecule has 2 unspecified atom stereocenters. The Labute approximate surface area is 275 Å². The van der Waals surface area contributed by atoms with Crippen LogP contribution in [0.1, 0.15) is 76.3 Å². The number of benzene rings is 3. The van der Waals surface area contributed by atoms with Gasteiger partial charge in [-0.2, -0.15) is 0 Å². The fourth-order valence-corrected chi connectivity index (χ4v) is 5.73. The van der Waals surface area contributed by atoms with Crippen molar-refractivity contribution in [1.29, 1.82) is 0 Å². The molecule has 0 spiro atoms. The molecule has 2 atom stereocenters. The number of nitrogens with zero attached hydrogens (tertiary/aromatic N) is 4. The lowest BCUT2D eigenvalue weighted by molar-refractivity contribution is -0.153. The molecule has 0 saturated carbocycles. The Morgan fingerprint density at radius 2 is 1.67 bits per heavy atom. The summed E-state index contributed by atoms with van der Waals surface area (Å²) < 4.78 is 9.40. The maximum absolute atomic E-state index is 14.2. The predicted octanol–water partition coefficient (Wildman–Crippen LogP) is 7.51. The molecule has 2 aromatic heterocycles. The lowest BCUT2D eigenvalue weighted by Gasteiger charge is -2.27. The highest BCUT2D eigenvalue weighted by atomic mass is 35.5. The van der Waals surface area contributed by atoms with Gasteiger partial charge < -0.3 is 9.30 Å². The quantitative estimate of drug-likeness (QED) is 0.159. The maximum atomic E-state index is 14.2. The minimum absolute atomic E-state index is 0.0156. The molecule has 0 amide bonds. The van der Waals surface area contributed by atoms with Gasteiger partial charge in [-0.05, 0) is 64.3 Å². The molecule has 0 saturated heterocycles. The van der Waals surface area contributed by atoms with Crippen molar-refractivity contribution in [2.75, 3.05) is 6.54 Å². The molecule has 0 aliphatic carbocycles. The van der Waals surface area contributed by atoms with Crippen LogP contribution in [0.25, 0.3) is 22.3 Å². The molecule has 1 N–H and O–H groups in total. The molecule has 9 heteroatoms. The van der Waals surface area contributed by atoms with Gasteiger partial charge in [0.1, 0.15) is 17.2 Å². The summed E-state index contributed by atoms with van der Waals surface area (Å²) in [6.07, 6.45) is 2.01. The van der Waals surface area contributed by atoms with Gasteiger partial charge in [0.2, 0.25) is 0 Å². The SMILES string of the molecule is Cc1ccc(-c2nc(C(C)NCC(=O)OC(C)(C)C)cn2C(c2nc3cc(Cl)ccc3c(=O)n2Cc2ccccc2)C(C)C)cc1. The van der Waals surface area contributed by atoms with E-state index in [9.17, 15) is 9.59 Å². The van der Waals surface area contributed by atoms with E-state index in [2.05, 4.69) is 48.0 Å². The fourth-order valence-electron chi connectivity index (χ4n) is 5.57. The average molecular weight is 640 g/mol. The number of rotatable bonds is 10. The van der Waals surface area contributed by atoms with E-state index in [-0.39, 0.29) is 36.1 Å². The molecule has 0 aliphatic heterocycles. The maximum Gasteiger partial charge on any atom is 0.320 e. The van der Waals surface area contributed by atoms with Gasteiger partial charge in [-0.15, -0.1) is 0 Å². The Kier molecular flexibility index (Phi) is 9.79. The molecule has 2 heterocycles. The van der Waals surface area contributed by atoms with E-state index >= 15 is 0 Å². The Bertz CT molecular complexity index is 1890. The fraction of sp³-hybridized carbons (Fsp3) is 0.351. The Hall–Kier alpha value is -4.27. The van der Waals surface area contributed by atoms with Crippen LogP contribution in [0.2, 0.25) is 5.02 Å². The molecule has 5 aromatic rings. The minimum atomic E-state index is -0.570. The summed E-state index contributed by atoms with van der Waals surface area (Å²) in [7, 11) is 0. The third-order valence-electron chi connectivity index (χ3n) is 7.80. The number of hydrogen-bond acceptors (Lipinski definition) is 6. The summed E-state index contributed by atoms with van der Waals surface area (Å²) >= 11 is 6.39. The lowest BCUT2D eigenvalue weighted by Crippen LogP contribution is -2.33. The number of aromatic nitrogens is 4. The van der Waals surface area contributed by atoms with Gasteiger partial charge in [0, 0.05) is 22.8 Å². The van der Waals surface area contributed by atoms with Crippen LogP contribution in [-0.2, 0) is 16.1 Å². The summed E-state index contributed by atoms with van der Waals surface area (Å²) in [5.41, 5.74) is 3.67. The van der Waals surface area contributed by atoms with Crippen molar-refractivity contribution >= 4 is 28.5 Å². The minimum Gasteiger partial charge on any atom is -0.459 e. The molecule has 240 valence electrons. The van der Waals surface area contributed by atoms with Crippen LogP contribution in [0, 0.1) is 12.8 Å². The normalized spacial score (nSPS) is 13.2. The van der Waals surface area contributed by atoms with Crippen molar-refractivity contribution < 1.29 is 9.53 Å². The lowest BCUT2D eigenvalue weighted by atomic mass is 10.0. The van der Waals surface area contributed by atoms with Crippen LogP contribution in [-0.4, -0.2) is 37.2 Å². The zero-order valence-electron chi connectivity index (χ0n) is 27.5. The number of fused-ring (bicyclic) bond motifs is 1. The van der Waals surface area contributed by atoms with Crippen molar-refractivity contribution in [1.82, 2.24) is 24.4 Å². The van der Waals surface area contributed by atoms with Crippen LogP contribution in [0.5, 0.6) is 0 Å². The van der Waals surface area contributed by atoms with Gasteiger partial charge in [-0.3, -0.25) is 19.5 Å². The van der Waals surface area contributed by atoms with E-state index in [1.165, 1.54) is 0 Å². The van der Waals surface area contributed by atoms with Crippen molar-refractivity contribution in [2.24, 2.45) is 5.92 Å². The highest BCUT2D eigenvalue weighted by Crippen LogP contribution is 2.33. The largest absolute Gasteiger partial charge is 0.459 e. The van der Waals surface area contributed by atoms with Gasteiger partial charge in [0.05, 0.1) is 35.7 Å². The first kappa shape index (κ1) is 33.1. The molecule has 0 bridgehead atoms.